The van der Waals surface area contributed by atoms with E-state index >= 15 is 0 Å². The van der Waals surface area contributed by atoms with Gasteiger partial charge in [-0.1, -0.05) is 5.16 Å². The smallest absolute Gasteiger partial charge is 0.322 e. The molecule has 0 aromatic carbocycles. The monoisotopic (exact) mass is 290 g/mol. The molecule has 0 bridgehead atoms. The summed E-state index contributed by atoms with van der Waals surface area (Å²) >= 11 is 0. The third kappa shape index (κ3) is 2.24. The van der Waals surface area contributed by atoms with Gasteiger partial charge >= 0.3 is 5.97 Å². The van der Waals surface area contributed by atoms with Crippen molar-refractivity contribution < 1.29 is 27.9 Å². The highest BCUT2D eigenvalue weighted by Gasteiger charge is 2.45. The first-order valence-electron chi connectivity index (χ1n) is 5.60. The number of hydrogen-bond acceptors (Lipinski definition) is 6. The van der Waals surface area contributed by atoms with Crippen LogP contribution < -0.4 is 0 Å². The molecule has 1 aliphatic heterocycles. The summed E-state index contributed by atoms with van der Waals surface area (Å²) in [6.07, 6.45) is -1.12. The van der Waals surface area contributed by atoms with Crippen molar-refractivity contribution in [2.75, 3.05) is 6.54 Å². The molecule has 0 saturated carbocycles. The molecule has 9 heteroatoms. The lowest BCUT2D eigenvalue weighted by Crippen LogP contribution is -2.40. The highest BCUT2D eigenvalue weighted by Crippen LogP contribution is 2.29. The lowest BCUT2D eigenvalue weighted by molar-refractivity contribution is -0.140. The Morgan fingerprint density at radius 3 is 2.58 bits per heavy atom. The molecule has 1 saturated heterocycles. The molecular weight excluding hydrogens is 276 g/mol. The second kappa shape index (κ2) is 4.58. The summed E-state index contributed by atoms with van der Waals surface area (Å²) in [5, 5.41) is 22.1. The van der Waals surface area contributed by atoms with Crippen molar-refractivity contribution in [2.24, 2.45) is 0 Å². The summed E-state index contributed by atoms with van der Waals surface area (Å²) in [6, 6.07) is -1.27. The van der Waals surface area contributed by atoms with Gasteiger partial charge in [-0.3, -0.25) is 4.79 Å². The van der Waals surface area contributed by atoms with Crippen LogP contribution in [0.2, 0.25) is 0 Å². The average Bonchev–Trinajstić information content (AvgIpc) is 2.83. The van der Waals surface area contributed by atoms with E-state index in [0.29, 0.717) is 0 Å². The van der Waals surface area contributed by atoms with Crippen LogP contribution in [0.15, 0.2) is 9.42 Å². The average molecular weight is 290 g/mol. The minimum absolute atomic E-state index is 0.100. The van der Waals surface area contributed by atoms with E-state index in [1.54, 1.807) is 0 Å². The van der Waals surface area contributed by atoms with Gasteiger partial charge in [-0.15, -0.1) is 0 Å². The van der Waals surface area contributed by atoms with Gasteiger partial charge in [0, 0.05) is 13.0 Å². The first-order valence-corrected chi connectivity index (χ1v) is 7.04. The van der Waals surface area contributed by atoms with E-state index in [4.69, 9.17) is 9.63 Å². The van der Waals surface area contributed by atoms with Gasteiger partial charge in [0.25, 0.3) is 0 Å². The summed E-state index contributed by atoms with van der Waals surface area (Å²) in [4.78, 5) is 11.0. The predicted octanol–water partition coefficient (Wildman–Crippen LogP) is -0.500. The molecule has 106 valence electrons. The fourth-order valence-corrected chi connectivity index (χ4v) is 4.16. The summed E-state index contributed by atoms with van der Waals surface area (Å²) in [5.41, 5.74) is 0.169. The van der Waals surface area contributed by atoms with E-state index in [0.717, 1.165) is 4.31 Å². The Morgan fingerprint density at radius 1 is 1.47 bits per heavy atom. The zero-order valence-electron chi connectivity index (χ0n) is 10.4. The van der Waals surface area contributed by atoms with E-state index < -0.39 is 28.1 Å². The quantitative estimate of drug-likeness (QED) is 0.769. The Balaban J connectivity index is 2.48. The van der Waals surface area contributed by atoms with Crippen LogP contribution in [0.25, 0.3) is 0 Å². The molecule has 2 rings (SSSR count). The number of rotatable bonds is 3. The maximum absolute atomic E-state index is 12.4. The van der Waals surface area contributed by atoms with Crippen LogP contribution >= 0.6 is 0 Å². The lowest BCUT2D eigenvalue weighted by Gasteiger charge is -2.20. The van der Waals surface area contributed by atoms with Gasteiger partial charge in [-0.25, -0.2) is 8.42 Å². The van der Waals surface area contributed by atoms with Crippen molar-refractivity contribution in [1.29, 1.82) is 0 Å². The minimum Gasteiger partial charge on any atom is -0.480 e. The summed E-state index contributed by atoms with van der Waals surface area (Å²) < 4.78 is 30.5. The fraction of sp³-hybridized carbons (Fsp3) is 0.600. The van der Waals surface area contributed by atoms with Crippen molar-refractivity contribution >= 4 is 16.0 Å². The summed E-state index contributed by atoms with van der Waals surface area (Å²) in [5.74, 6) is -1.19. The normalized spacial score (nSPS) is 24.8. The van der Waals surface area contributed by atoms with Crippen molar-refractivity contribution in [3.8, 4) is 0 Å². The van der Waals surface area contributed by atoms with E-state index in [1.807, 2.05) is 0 Å². The highest BCUT2D eigenvalue weighted by molar-refractivity contribution is 7.89. The Morgan fingerprint density at radius 2 is 2.11 bits per heavy atom. The van der Waals surface area contributed by atoms with Crippen molar-refractivity contribution in [3.63, 3.8) is 0 Å². The Hall–Kier alpha value is -1.45. The number of aromatic nitrogens is 1. The van der Waals surface area contributed by atoms with E-state index in [-0.39, 0.29) is 29.3 Å². The number of carbonyl (C=O) groups is 1. The van der Waals surface area contributed by atoms with Gasteiger partial charge in [0.1, 0.15) is 16.6 Å². The number of carboxylic acid groups (broad SMARTS) is 1. The maximum Gasteiger partial charge on any atom is 0.322 e. The molecule has 2 atom stereocenters. The van der Waals surface area contributed by atoms with E-state index in [1.165, 1.54) is 13.8 Å². The Kier molecular flexibility index (Phi) is 3.37. The first-order chi connectivity index (χ1) is 8.75. The molecule has 2 N–H and O–H groups in total. The number of nitrogens with zero attached hydrogens (tertiary/aromatic N) is 2. The summed E-state index contributed by atoms with van der Waals surface area (Å²) in [7, 11) is -4.05. The molecule has 2 unspecified atom stereocenters. The number of aryl methyl sites for hydroxylation is 2. The molecule has 0 spiro atoms. The maximum atomic E-state index is 12.4. The molecule has 8 nitrogen and oxygen atoms in total. The second-order valence-corrected chi connectivity index (χ2v) is 6.30. The largest absolute Gasteiger partial charge is 0.480 e. The number of β-amino-alcohol motifs (C(OH)–C–C–N with tert-alkyl or cyclic N) is 1. The highest BCUT2D eigenvalue weighted by atomic mass is 32.2. The van der Waals surface area contributed by atoms with Gasteiger partial charge in [-0.2, -0.15) is 4.31 Å². The molecule has 0 radical (unpaired) electrons. The van der Waals surface area contributed by atoms with Crippen LogP contribution in [-0.2, 0) is 14.8 Å². The predicted molar refractivity (Wildman–Crippen MR) is 61.9 cm³/mol. The van der Waals surface area contributed by atoms with E-state index in [9.17, 15) is 18.3 Å². The molecule has 1 aliphatic rings. The second-order valence-electron chi connectivity index (χ2n) is 4.47. The molecule has 2 heterocycles. The van der Waals surface area contributed by atoms with Crippen molar-refractivity contribution in [1.82, 2.24) is 9.46 Å². The Bertz CT molecular complexity index is 588. The minimum atomic E-state index is -4.05. The van der Waals surface area contributed by atoms with Crippen LogP contribution in [0, 0.1) is 13.8 Å². The first kappa shape index (κ1) is 14.0. The van der Waals surface area contributed by atoms with E-state index in [2.05, 4.69) is 5.16 Å². The number of aliphatic carboxylic acids is 1. The van der Waals surface area contributed by atoms with Crippen LogP contribution in [0.4, 0.5) is 0 Å². The molecule has 0 aliphatic carbocycles. The van der Waals surface area contributed by atoms with Gasteiger partial charge in [0.15, 0.2) is 5.76 Å². The van der Waals surface area contributed by atoms with Gasteiger partial charge in [-0.05, 0) is 13.8 Å². The lowest BCUT2D eigenvalue weighted by atomic mass is 10.2. The van der Waals surface area contributed by atoms with Crippen LogP contribution in [-0.4, -0.2) is 52.8 Å². The SMILES string of the molecule is Cc1noc(C)c1S(=O)(=O)N1CC(O)CC1C(=O)O. The van der Waals surface area contributed by atoms with Crippen LogP contribution in [0.1, 0.15) is 17.9 Å². The standard InChI is InChI=1S/C10H14N2O6S/c1-5-9(6(2)18-11-5)19(16,17)12-4-7(13)3-8(12)10(14)15/h7-8,13H,3-4H2,1-2H3,(H,14,15). The third-order valence-corrected chi connectivity index (χ3v) is 5.17. The van der Waals surface area contributed by atoms with Crippen molar-refractivity contribution in [2.45, 2.75) is 37.3 Å². The molecule has 0 amide bonds. The number of hydrogen-bond donors (Lipinski definition) is 2. The fourth-order valence-electron chi connectivity index (χ4n) is 2.23. The number of aliphatic hydroxyl groups is 1. The van der Waals surface area contributed by atoms with Crippen molar-refractivity contribution in [3.05, 3.63) is 11.5 Å². The number of aliphatic hydroxyl groups excluding tert-OH is 1. The molecule has 1 fully saturated rings. The molecule has 1 aromatic heterocycles. The zero-order valence-corrected chi connectivity index (χ0v) is 11.2. The third-order valence-electron chi connectivity index (χ3n) is 3.05. The van der Waals surface area contributed by atoms with Gasteiger partial charge in [0.05, 0.1) is 6.10 Å². The van der Waals surface area contributed by atoms with Crippen LogP contribution in [0.3, 0.4) is 0 Å². The topological polar surface area (TPSA) is 121 Å². The van der Waals surface area contributed by atoms with Crippen LogP contribution in [0.5, 0.6) is 0 Å². The van der Waals surface area contributed by atoms with Gasteiger partial charge < -0.3 is 14.7 Å². The molecule has 1 aromatic rings. The summed E-state index contributed by atoms with van der Waals surface area (Å²) in [6.45, 7) is 2.66. The zero-order chi connectivity index (χ0) is 14.4. The van der Waals surface area contributed by atoms with Gasteiger partial charge in [0.2, 0.25) is 10.0 Å². The Labute approximate surface area is 109 Å². The number of sulfonamides is 1. The molecule has 19 heavy (non-hydrogen) atoms. The number of carboxylic acids is 1. The molecular formula is C10H14N2O6S.